The van der Waals surface area contributed by atoms with Crippen molar-refractivity contribution < 1.29 is 9.13 Å². The number of hydrogen-bond donors (Lipinski definition) is 1. The number of pyridine rings is 1. The Kier molecular flexibility index (Phi) is 3.97. The number of methoxy groups -OCH3 is 1. The van der Waals surface area contributed by atoms with Gasteiger partial charge < -0.3 is 15.0 Å². The van der Waals surface area contributed by atoms with Crippen LogP contribution in [0.2, 0.25) is 0 Å². The second kappa shape index (κ2) is 5.67. The predicted octanol–water partition coefficient (Wildman–Crippen LogP) is 1.50. The fourth-order valence-electron chi connectivity index (χ4n) is 1.89. The largest absolute Gasteiger partial charge is 0.494 e. The molecule has 2 rings (SSSR count). The van der Waals surface area contributed by atoms with Crippen molar-refractivity contribution in [2.75, 3.05) is 7.11 Å². The fraction of sp³-hybridized carbons (Fsp3) is 0.214. The van der Waals surface area contributed by atoms with Crippen LogP contribution in [0.3, 0.4) is 0 Å². The van der Waals surface area contributed by atoms with E-state index in [2.05, 4.69) is 0 Å². The predicted molar refractivity (Wildman–Crippen MR) is 70.6 cm³/mol. The molecule has 0 unspecified atom stereocenters. The lowest BCUT2D eigenvalue weighted by Gasteiger charge is -2.10. The van der Waals surface area contributed by atoms with E-state index in [9.17, 15) is 9.18 Å². The van der Waals surface area contributed by atoms with Gasteiger partial charge in [-0.25, -0.2) is 4.39 Å². The number of ether oxygens (including phenoxy) is 1. The zero-order valence-electron chi connectivity index (χ0n) is 10.6. The lowest BCUT2D eigenvalue weighted by Crippen LogP contribution is -2.25. The molecule has 0 fully saturated rings. The Morgan fingerprint density at radius 3 is 2.68 bits per heavy atom. The Labute approximate surface area is 110 Å². The van der Waals surface area contributed by atoms with Crippen LogP contribution in [0.5, 0.6) is 5.75 Å². The average Bonchev–Trinajstić information content (AvgIpc) is 2.43. The number of nitrogens with two attached hydrogens (primary N) is 1. The zero-order chi connectivity index (χ0) is 13.8. The van der Waals surface area contributed by atoms with Crippen LogP contribution in [-0.2, 0) is 13.1 Å². The summed E-state index contributed by atoms with van der Waals surface area (Å²) in [6.07, 6.45) is 1.61. The number of aromatic nitrogens is 1. The number of benzene rings is 1. The summed E-state index contributed by atoms with van der Waals surface area (Å²) in [5.74, 6) is -0.282. The van der Waals surface area contributed by atoms with Crippen LogP contribution in [0.15, 0.2) is 41.3 Å². The summed E-state index contributed by atoms with van der Waals surface area (Å²) in [5, 5.41) is 0. The van der Waals surface area contributed by atoms with E-state index >= 15 is 0 Å². The van der Waals surface area contributed by atoms with Crippen LogP contribution in [-0.4, -0.2) is 11.7 Å². The van der Waals surface area contributed by atoms with Crippen molar-refractivity contribution >= 4 is 0 Å². The quantitative estimate of drug-likeness (QED) is 0.908. The molecule has 2 N–H and O–H groups in total. The van der Waals surface area contributed by atoms with Crippen molar-refractivity contribution in [3.8, 4) is 5.75 Å². The highest BCUT2D eigenvalue weighted by molar-refractivity contribution is 5.31. The first kappa shape index (κ1) is 13.3. The van der Waals surface area contributed by atoms with Crippen molar-refractivity contribution in [2.45, 2.75) is 13.1 Å². The summed E-state index contributed by atoms with van der Waals surface area (Å²) in [5.41, 5.74) is 6.18. The van der Waals surface area contributed by atoms with Gasteiger partial charge in [-0.2, -0.15) is 0 Å². The van der Waals surface area contributed by atoms with Gasteiger partial charge in [-0.3, -0.25) is 4.79 Å². The molecule has 0 aliphatic carbocycles. The van der Waals surface area contributed by atoms with Gasteiger partial charge in [-0.05, 0) is 12.1 Å². The first-order chi connectivity index (χ1) is 9.17. The summed E-state index contributed by atoms with van der Waals surface area (Å²) in [7, 11) is 1.41. The van der Waals surface area contributed by atoms with Crippen molar-refractivity contribution in [1.29, 1.82) is 0 Å². The van der Waals surface area contributed by atoms with Crippen LogP contribution in [0.1, 0.15) is 11.1 Å². The molecule has 0 bridgehead atoms. The van der Waals surface area contributed by atoms with E-state index in [0.717, 1.165) is 0 Å². The highest BCUT2D eigenvalue weighted by Gasteiger charge is 2.10. The number of hydrogen-bond acceptors (Lipinski definition) is 3. The molecule has 5 heteroatoms. The molecule has 4 nitrogen and oxygen atoms in total. The third kappa shape index (κ3) is 2.66. The molecule has 0 saturated heterocycles. The van der Waals surface area contributed by atoms with Gasteiger partial charge in [0.1, 0.15) is 0 Å². The maximum atomic E-state index is 14.0. The van der Waals surface area contributed by atoms with Gasteiger partial charge in [-0.1, -0.05) is 18.2 Å². The molecule has 0 spiro atoms. The van der Waals surface area contributed by atoms with Gasteiger partial charge in [0.2, 0.25) is 0 Å². The molecule has 0 aliphatic heterocycles. The first-order valence-electron chi connectivity index (χ1n) is 5.87. The highest BCUT2D eigenvalue weighted by atomic mass is 19.1. The Morgan fingerprint density at radius 1 is 1.26 bits per heavy atom. The smallest absolute Gasteiger partial charge is 0.255 e. The minimum atomic E-state index is -0.449. The van der Waals surface area contributed by atoms with Crippen LogP contribution in [0, 0.1) is 5.82 Å². The monoisotopic (exact) mass is 262 g/mol. The highest BCUT2D eigenvalue weighted by Crippen LogP contribution is 2.20. The molecule has 1 aromatic heterocycles. The molecule has 2 aromatic rings. The third-order valence-corrected chi connectivity index (χ3v) is 2.92. The summed E-state index contributed by atoms with van der Waals surface area (Å²) in [6, 6.07) is 8.24. The normalized spacial score (nSPS) is 10.5. The maximum Gasteiger partial charge on any atom is 0.255 e. The Morgan fingerprint density at radius 2 is 2.00 bits per heavy atom. The van der Waals surface area contributed by atoms with Gasteiger partial charge in [0, 0.05) is 23.9 Å². The Balaban J connectivity index is 2.39. The SMILES string of the molecule is COc1cccc(Cn2cccc(CN)c2=O)c1F. The van der Waals surface area contributed by atoms with Crippen LogP contribution in [0.25, 0.3) is 0 Å². The third-order valence-electron chi connectivity index (χ3n) is 2.92. The van der Waals surface area contributed by atoms with E-state index in [1.165, 1.54) is 17.7 Å². The second-order valence-corrected chi connectivity index (χ2v) is 4.10. The van der Waals surface area contributed by atoms with Crippen molar-refractivity contribution in [2.24, 2.45) is 5.73 Å². The van der Waals surface area contributed by atoms with Crippen molar-refractivity contribution in [1.82, 2.24) is 4.57 Å². The molecule has 0 atom stereocenters. The van der Waals surface area contributed by atoms with Gasteiger partial charge in [0.25, 0.3) is 5.56 Å². The zero-order valence-corrected chi connectivity index (χ0v) is 10.6. The molecular weight excluding hydrogens is 247 g/mol. The van der Waals surface area contributed by atoms with E-state index in [1.807, 2.05) is 0 Å². The number of rotatable bonds is 4. The summed E-state index contributed by atoms with van der Waals surface area (Å²) >= 11 is 0. The van der Waals surface area contributed by atoms with E-state index in [-0.39, 0.29) is 24.4 Å². The Bertz CT molecular complexity index is 638. The van der Waals surface area contributed by atoms with E-state index in [0.29, 0.717) is 11.1 Å². The molecule has 0 amide bonds. The molecule has 1 aromatic carbocycles. The fourth-order valence-corrected chi connectivity index (χ4v) is 1.89. The minimum Gasteiger partial charge on any atom is -0.494 e. The average molecular weight is 262 g/mol. The van der Waals surface area contributed by atoms with Crippen molar-refractivity contribution in [3.05, 3.63) is 63.8 Å². The van der Waals surface area contributed by atoms with E-state index in [4.69, 9.17) is 10.5 Å². The summed E-state index contributed by atoms with van der Waals surface area (Å²) < 4.78 is 20.4. The standard InChI is InChI=1S/C14H15FN2O2/c1-19-12-6-2-4-11(13(12)15)9-17-7-3-5-10(8-16)14(17)18/h2-7H,8-9,16H2,1H3. The summed E-state index contributed by atoms with van der Waals surface area (Å²) in [6.45, 7) is 0.315. The van der Waals surface area contributed by atoms with E-state index in [1.54, 1.807) is 30.5 Å². The molecular formula is C14H15FN2O2. The summed E-state index contributed by atoms with van der Waals surface area (Å²) in [4.78, 5) is 12.0. The van der Waals surface area contributed by atoms with E-state index < -0.39 is 5.82 Å². The molecule has 0 saturated carbocycles. The van der Waals surface area contributed by atoms with Gasteiger partial charge >= 0.3 is 0 Å². The minimum absolute atomic E-state index is 0.149. The topological polar surface area (TPSA) is 57.2 Å². The maximum absolute atomic E-state index is 14.0. The van der Waals surface area contributed by atoms with Crippen LogP contribution >= 0.6 is 0 Å². The second-order valence-electron chi connectivity index (χ2n) is 4.10. The lowest BCUT2D eigenvalue weighted by atomic mass is 10.2. The van der Waals surface area contributed by atoms with Crippen molar-refractivity contribution in [3.63, 3.8) is 0 Å². The molecule has 19 heavy (non-hydrogen) atoms. The molecule has 1 heterocycles. The Hall–Kier alpha value is -2.14. The molecule has 0 aliphatic rings. The lowest BCUT2D eigenvalue weighted by molar-refractivity contribution is 0.383. The first-order valence-corrected chi connectivity index (χ1v) is 5.87. The van der Waals surface area contributed by atoms with Crippen LogP contribution < -0.4 is 16.0 Å². The number of halogens is 1. The number of nitrogens with zero attached hydrogens (tertiary/aromatic N) is 1. The molecule has 0 radical (unpaired) electrons. The van der Waals surface area contributed by atoms with Gasteiger partial charge in [0.05, 0.1) is 13.7 Å². The van der Waals surface area contributed by atoms with Crippen LogP contribution in [0.4, 0.5) is 4.39 Å². The van der Waals surface area contributed by atoms with Gasteiger partial charge in [-0.15, -0.1) is 0 Å². The van der Waals surface area contributed by atoms with Gasteiger partial charge in [0.15, 0.2) is 11.6 Å². The molecule has 100 valence electrons.